The van der Waals surface area contributed by atoms with Crippen molar-refractivity contribution in [3.05, 3.63) is 0 Å². The second-order valence-corrected chi connectivity index (χ2v) is 5.72. The van der Waals surface area contributed by atoms with E-state index in [0.29, 0.717) is 12.5 Å². The molecule has 1 saturated heterocycles. The molecule has 1 fully saturated rings. The largest absolute Gasteiger partial charge is 0.464 e. The minimum Gasteiger partial charge on any atom is -0.464 e. The van der Waals surface area contributed by atoms with Gasteiger partial charge >= 0.3 is 5.97 Å². The third-order valence-corrected chi connectivity index (χ3v) is 3.26. The van der Waals surface area contributed by atoms with Gasteiger partial charge in [0.25, 0.3) is 5.91 Å². The van der Waals surface area contributed by atoms with Gasteiger partial charge in [0.05, 0.1) is 13.2 Å². The number of epoxide rings is 1. The highest BCUT2D eigenvalue weighted by Crippen LogP contribution is 2.23. The molecular weight excluding hydrogens is 304 g/mol. The Bertz CT molecular complexity index is 426. The van der Waals surface area contributed by atoms with Gasteiger partial charge in [-0.05, 0) is 19.3 Å². The third-order valence-electron chi connectivity index (χ3n) is 3.26. The van der Waals surface area contributed by atoms with Crippen LogP contribution in [0.1, 0.15) is 27.2 Å². The van der Waals surface area contributed by atoms with E-state index in [1.54, 1.807) is 6.92 Å². The molecule has 1 aliphatic heterocycles. The van der Waals surface area contributed by atoms with Crippen molar-refractivity contribution >= 4 is 17.8 Å². The zero-order valence-electron chi connectivity index (χ0n) is 14.1. The van der Waals surface area contributed by atoms with Crippen LogP contribution in [0.25, 0.3) is 0 Å². The van der Waals surface area contributed by atoms with Crippen LogP contribution < -0.4 is 10.6 Å². The van der Waals surface area contributed by atoms with E-state index < -0.39 is 30.1 Å². The number of hydrogen-bond donors (Lipinski definition) is 2. The van der Waals surface area contributed by atoms with Crippen molar-refractivity contribution in [1.29, 1.82) is 0 Å². The zero-order valence-corrected chi connectivity index (χ0v) is 14.1. The molecule has 23 heavy (non-hydrogen) atoms. The Morgan fingerprint density at radius 2 is 1.91 bits per heavy atom. The fraction of sp³-hybridized carbons (Fsp3) is 0.800. The molecule has 2 N–H and O–H groups in total. The summed E-state index contributed by atoms with van der Waals surface area (Å²) < 4.78 is 14.7. The highest BCUT2D eigenvalue weighted by molar-refractivity contribution is 5.95. The normalized spacial score (nSPS) is 20.7. The molecular formula is C15H26N2O6. The van der Waals surface area contributed by atoms with Crippen LogP contribution in [-0.4, -0.2) is 62.9 Å². The van der Waals surface area contributed by atoms with E-state index in [1.165, 1.54) is 7.11 Å². The van der Waals surface area contributed by atoms with Gasteiger partial charge in [0.15, 0.2) is 12.2 Å². The van der Waals surface area contributed by atoms with Crippen molar-refractivity contribution in [1.82, 2.24) is 10.6 Å². The van der Waals surface area contributed by atoms with Crippen molar-refractivity contribution in [2.75, 3.05) is 26.9 Å². The van der Waals surface area contributed by atoms with Gasteiger partial charge in [0, 0.05) is 13.7 Å². The Morgan fingerprint density at radius 1 is 1.22 bits per heavy atom. The first-order valence-electron chi connectivity index (χ1n) is 7.79. The van der Waals surface area contributed by atoms with E-state index in [-0.39, 0.29) is 19.1 Å². The second kappa shape index (κ2) is 9.46. The minimum atomic E-state index is -0.906. The summed E-state index contributed by atoms with van der Waals surface area (Å²) in [6.07, 6.45) is -0.949. The van der Waals surface area contributed by atoms with Crippen LogP contribution in [0.5, 0.6) is 0 Å². The zero-order chi connectivity index (χ0) is 17.4. The van der Waals surface area contributed by atoms with Crippen molar-refractivity contribution in [2.45, 2.75) is 45.4 Å². The number of hydrogen-bond acceptors (Lipinski definition) is 6. The molecule has 132 valence electrons. The molecule has 0 aromatic rings. The fourth-order valence-electron chi connectivity index (χ4n) is 1.93. The van der Waals surface area contributed by atoms with E-state index in [1.807, 2.05) is 0 Å². The SMILES string of the molecule is CCOC(=O)[C@H]1O[C@@H]1C(=O)N[C@@H](COC)C(=O)NCCC(C)C. The lowest BCUT2D eigenvalue weighted by molar-refractivity contribution is -0.144. The lowest BCUT2D eigenvalue weighted by Gasteiger charge is -2.17. The van der Waals surface area contributed by atoms with E-state index in [9.17, 15) is 14.4 Å². The first kappa shape index (κ1) is 19.4. The smallest absolute Gasteiger partial charge is 0.338 e. The van der Waals surface area contributed by atoms with Gasteiger partial charge in [-0.1, -0.05) is 13.8 Å². The Hall–Kier alpha value is -1.67. The molecule has 2 amide bonds. The molecule has 8 nitrogen and oxygen atoms in total. The summed E-state index contributed by atoms with van der Waals surface area (Å²) in [6, 6.07) is -0.827. The summed E-state index contributed by atoms with van der Waals surface area (Å²) in [5, 5.41) is 5.29. The van der Waals surface area contributed by atoms with Crippen LogP contribution in [0.4, 0.5) is 0 Å². The van der Waals surface area contributed by atoms with Gasteiger partial charge in [-0.3, -0.25) is 9.59 Å². The Morgan fingerprint density at radius 3 is 2.48 bits per heavy atom. The highest BCUT2D eigenvalue weighted by atomic mass is 16.6. The number of ether oxygens (including phenoxy) is 3. The van der Waals surface area contributed by atoms with Crippen LogP contribution >= 0.6 is 0 Å². The van der Waals surface area contributed by atoms with Gasteiger partial charge in [0.2, 0.25) is 5.91 Å². The molecule has 0 aromatic heterocycles. The molecule has 0 aliphatic carbocycles. The molecule has 1 rings (SSSR count). The maximum Gasteiger partial charge on any atom is 0.338 e. The average Bonchev–Trinajstić information content (AvgIpc) is 3.27. The molecule has 8 heteroatoms. The summed E-state index contributed by atoms with van der Waals surface area (Å²) >= 11 is 0. The van der Waals surface area contributed by atoms with Crippen LogP contribution in [0.2, 0.25) is 0 Å². The van der Waals surface area contributed by atoms with Crippen LogP contribution in [0.3, 0.4) is 0 Å². The molecule has 0 unspecified atom stereocenters. The third kappa shape index (κ3) is 6.54. The summed E-state index contributed by atoms with van der Waals surface area (Å²) in [5.74, 6) is -0.952. The van der Waals surface area contributed by atoms with Crippen LogP contribution in [0.15, 0.2) is 0 Å². The second-order valence-electron chi connectivity index (χ2n) is 5.72. The summed E-state index contributed by atoms with van der Waals surface area (Å²) in [7, 11) is 1.44. The summed E-state index contributed by atoms with van der Waals surface area (Å²) in [4.78, 5) is 35.5. The topological polar surface area (TPSA) is 106 Å². The quantitative estimate of drug-likeness (QED) is 0.417. The lowest BCUT2D eigenvalue weighted by atomic mass is 10.1. The summed E-state index contributed by atoms with van der Waals surface area (Å²) in [6.45, 7) is 6.57. The van der Waals surface area contributed by atoms with Crippen LogP contribution in [0, 0.1) is 5.92 Å². The molecule has 0 bridgehead atoms. The van der Waals surface area contributed by atoms with E-state index in [0.717, 1.165) is 6.42 Å². The number of carbonyl (C=O) groups is 3. The predicted octanol–water partition coefficient (Wildman–Crippen LogP) is -0.390. The molecule has 0 aromatic carbocycles. The Kier molecular flexibility index (Phi) is 7.97. The number of carbonyl (C=O) groups excluding carboxylic acids is 3. The first-order chi connectivity index (χ1) is 10.9. The van der Waals surface area contributed by atoms with Crippen molar-refractivity contribution in [3.8, 4) is 0 Å². The molecule has 1 aliphatic rings. The molecule has 0 spiro atoms. The van der Waals surface area contributed by atoms with Crippen molar-refractivity contribution in [2.24, 2.45) is 5.92 Å². The Balaban J connectivity index is 2.44. The van der Waals surface area contributed by atoms with Gasteiger partial charge in [-0.2, -0.15) is 0 Å². The molecule has 1 heterocycles. The number of methoxy groups -OCH3 is 1. The number of rotatable bonds is 10. The van der Waals surface area contributed by atoms with Gasteiger partial charge in [-0.25, -0.2) is 4.79 Å². The highest BCUT2D eigenvalue weighted by Gasteiger charge is 2.52. The number of esters is 1. The van der Waals surface area contributed by atoms with Crippen LogP contribution in [-0.2, 0) is 28.6 Å². The molecule has 0 saturated carbocycles. The lowest BCUT2D eigenvalue weighted by Crippen LogP contribution is -2.51. The minimum absolute atomic E-state index is 0.0377. The van der Waals surface area contributed by atoms with Gasteiger partial charge in [0.1, 0.15) is 6.04 Å². The van der Waals surface area contributed by atoms with Gasteiger partial charge < -0.3 is 24.8 Å². The maximum atomic E-state index is 12.1. The predicted molar refractivity (Wildman–Crippen MR) is 81.6 cm³/mol. The molecule has 0 radical (unpaired) electrons. The van der Waals surface area contributed by atoms with Crippen molar-refractivity contribution in [3.63, 3.8) is 0 Å². The van der Waals surface area contributed by atoms with E-state index in [4.69, 9.17) is 14.2 Å². The maximum absolute atomic E-state index is 12.1. The van der Waals surface area contributed by atoms with E-state index >= 15 is 0 Å². The summed E-state index contributed by atoms with van der Waals surface area (Å²) in [5.41, 5.74) is 0. The van der Waals surface area contributed by atoms with E-state index in [2.05, 4.69) is 24.5 Å². The Labute approximate surface area is 136 Å². The van der Waals surface area contributed by atoms with Crippen molar-refractivity contribution < 1.29 is 28.6 Å². The standard InChI is InChI=1S/C15H26N2O6/c1-5-22-15(20)12-11(23-12)14(19)17-10(8-21-4)13(18)16-7-6-9(2)3/h9-12H,5-8H2,1-4H3,(H,16,18)(H,17,19)/t10-,11-,12-/m0/s1. The monoisotopic (exact) mass is 330 g/mol. The van der Waals surface area contributed by atoms with Gasteiger partial charge in [-0.15, -0.1) is 0 Å². The first-order valence-corrected chi connectivity index (χ1v) is 7.79. The average molecular weight is 330 g/mol. The molecule has 3 atom stereocenters. The fourth-order valence-corrected chi connectivity index (χ4v) is 1.93. The number of amides is 2. The number of nitrogens with one attached hydrogen (secondary N) is 2.